The fourth-order valence-electron chi connectivity index (χ4n) is 2.63. The summed E-state index contributed by atoms with van der Waals surface area (Å²) in [5, 5.41) is 4.70. The van der Waals surface area contributed by atoms with Gasteiger partial charge >= 0.3 is 6.18 Å². The van der Waals surface area contributed by atoms with E-state index in [9.17, 15) is 22.8 Å². The van der Waals surface area contributed by atoms with Crippen molar-refractivity contribution in [3.8, 4) is 5.75 Å². The molecule has 0 aliphatic rings. The Kier molecular flexibility index (Phi) is 7.26. The molecule has 1 N–H and O–H groups in total. The number of hydrogen-bond acceptors (Lipinski definition) is 5. The lowest BCUT2D eigenvalue weighted by atomic mass is 10.3. The van der Waals surface area contributed by atoms with Crippen molar-refractivity contribution >= 4 is 45.7 Å². The SMILES string of the molecule is CC(=O)N(c1ccccc1)c1nc(/C=C/C(=O)Nc2cccc(OCC(F)(F)F)c2)cs1. The van der Waals surface area contributed by atoms with Crippen molar-refractivity contribution in [3.05, 3.63) is 71.7 Å². The Morgan fingerprint density at radius 1 is 1.16 bits per heavy atom. The number of rotatable bonds is 7. The van der Waals surface area contributed by atoms with E-state index in [4.69, 9.17) is 0 Å². The quantitative estimate of drug-likeness (QED) is 0.477. The lowest BCUT2D eigenvalue weighted by Crippen LogP contribution is -2.22. The van der Waals surface area contributed by atoms with Crippen LogP contribution in [-0.4, -0.2) is 29.6 Å². The van der Waals surface area contributed by atoms with Gasteiger partial charge in [-0.05, 0) is 30.3 Å². The maximum Gasteiger partial charge on any atom is 0.422 e. The van der Waals surface area contributed by atoms with Gasteiger partial charge in [-0.2, -0.15) is 13.2 Å². The summed E-state index contributed by atoms with van der Waals surface area (Å²) in [6.45, 7) is 0.0145. The Hall–Kier alpha value is -3.66. The topological polar surface area (TPSA) is 71.5 Å². The highest BCUT2D eigenvalue weighted by atomic mass is 32.1. The van der Waals surface area contributed by atoms with Crippen LogP contribution in [0.1, 0.15) is 12.6 Å². The Morgan fingerprint density at radius 3 is 2.59 bits per heavy atom. The smallest absolute Gasteiger partial charge is 0.422 e. The molecule has 0 saturated carbocycles. The van der Waals surface area contributed by atoms with E-state index in [-0.39, 0.29) is 17.3 Å². The van der Waals surface area contributed by atoms with Crippen LogP contribution in [0.2, 0.25) is 0 Å². The van der Waals surface area contributed by atoms with Gasteiger partial charge < -0.3 is 10.1 Å². The summed E-state index contributed by atoms with van der Waals surface area (Å²) < 4.78 is 41.5. The number of para-hydroxylation sites is 1. The van der Waals surface area contributed by atoms with Crippen molar-refractivity contribution < 1.29 is 27.5 Å². The molecular weight excluding hydrogens is 443 g/mol. The van der Waals surface area contributed by atoms with Crippen LogP contribution < -0.4 is 15.0 Å². The number of carbonyl (C=O) groups is 2. The maximum absolute atomic E-state index is 12.3. The lowest BCUT2D eigenvalue weighted by Gasteiger charge is -2.17. The first-order chi connectivity index (χ1) is 15.2. The standard InChI is InChI=1S/C22H18F3N3O3S/c1-15(29)28(18-7-3-2-4-8-18)21-27-17(13-32-21)10-11-20(30)26-16-6-5-9-19(12-16)31-14-22(23,24)25/h2-13H,14H2,1H3,(H,26,30)/b11-10+. The third kappa shape index (κ3) is 6.67. The molecule has 0 atom stereocenters. The van der Waals surface area contributed by atoms with Gasteiger partial charge in [0.1, 0.15) is 5.75 Å². The second kappa shape index (κ2) is 10.1. The molecule has 3 aromatic rings. The summed E-state index contributed by atoms with van der Waals surface area (Å²) in [7, 11) is 0. The number of thiazole rings is 1. The number of ether oxygens (including phenoxy) is 1. The third-order valence-corrected chi connectivity index (χ3v) is 4.78. The largest absolute Gasteiger partial charge is 0.484 e. The van der Waals surface area contributed by atoms with Crippen molar-refractivity contribution in [2.45, 2.75) is 13.1 Å². The molecule has 0 aliphatic carbocycles. The maximum atomic E-state index is 12.3. The van der Waals surface area contributed by atoms with Gasteiger partial charge in [0.25, 0.3) is 0 Å². The zero-order chi connectivity index (χ0) is 23.1. The molecule has 166 valence electrons. The zero-order valence-corrected chi connectivity index (χ0v) is 17.6. The normalized spacial score (nSPS) is 11.4. The second-order valence-corrected chi connectivity index (χ2v) is 7.34. The molecule has 0 aliphatic heterocycles. The average molecular weight is 461 g/mol. The van der Waals surface area contributed by atoms with Crippen LogP contribution in [0.5, 0.6) is 5.75 Å². The molecule has 2 amide bonds. The minimum atomic E-state index is -4.45. The average Bonchev–Trinajstić information content (AvgIpc) is 3.20. The molecule has 0 radical (unpaired) electrons. The first-order valence-electron chi connectivity index (χ1n) is 9.31. The van der Waals surface area contributed by atoms with Crippen LogP contribution in [-0.2, 0) is 9.59 Å². The van der Waals surface area contributed by atoms with Crippen LogP contribution in [0.3, 0.4) is 0 Å². The highest BCUT2D eigenvalue weighted by Gasteiger charge is 2.28. The van der Waals surface area contributed by atoms with Gasteiger partial charge in [-0.15, -0.1) is 11.3 Å². The van der Waals surface area contributed by atoms with Crippen molar-refractivity contribution in [1.29, 1.82) is 0 Å². The van der Waals surface area contributed by atoms with E-state index in [2.05, 4.69) is 15.0 Å². The number of amides is 2. The summed E-state index contributed by atoms with van der Waals surface area (Å²) in [5.41, 5.74) is 1.44. The molecule has 0 unspecified atom stereocenters. The Bertz CT molecular complexity index is 1110. The molecule has 6 nitrogen and oxygen atoms in total. The molecule has 3 rings (SSSR count). The highest BCUT2D eigenvalue weighted by molar-refractivity contribution is 7.14. The molecule has 1 aromatic heterocycles. The van der Waals surface area contributed by atoms with Crippen molar-refractivity contribution in [1.82, 2.24) is 4.98 Å². The van der Waals surface area contributed by atoms with Crippen molar-refractivity contribution in [3.63, 3.8) is 0 Å². The molecule has 10 heteroatoms. The number of halogens is 3. The number of nitrogens with zero attached hydrogens (tertiary/aromatic N) is 2. The fraction of sp³-hybridized carbons (Fsp3) is 0.136. The van der Waals surface area contributed by atoms with Crippen molar-refractivity contribution in [2.24, 2.45) is 0 Å². The monoisotopic (exact) mass is 461 g/mol. The summed E-state index contributed by atoms with van der Waals surface area (Å²) in [6.07, 6.45) is -1.74. The summed E-state index contributed by atoms with van der Waals surface area (Å²) >= 11 is 1.25. The number of hydrogen-bond donors (Lipinski definition) is 1. The van der Waals surface area contributed by atoms with Gasteiger partial charge in [-0.3, -0.25) is 14.5 Å². The third-order valence-electron chi connectivity index (χ3n) is 3.94. The van der Waals surface area contributed by atoms with Gasteiger partial charge in [-0.1, -0.05) is 24.3 Å². The number of nitrogens with one attached hydrogen (secondary N) is 1. The molecule has 0 saturated heterocycles. The fourth-order valence-corrected chi connectivity index (χ4v) is 3.49. The van der Waals surface area contributed by atoms with Crippen LogP contribution >= 0.6 is 11.3 Å². The van der Waals surface area contributed by atoms with E-state index in [1.54, 1.807) is 17.5 Å². The Labute approximate surface area is 186 Å². The number of anilines is 3. The van der Waals surface area contributed by atoms with E-state index >= 15 is 0 Å². The van der Waals surface area contributed by atoms with Gasteiger partial charge in [0.15, 0.2) is 11.7 Å². The van der Waals surface area contributed by atoms with Gasteiger partial charge in [0.05, 0.1) is 11.4 Å². The molecule has 0 fully saturated rings. The Balaban J connectivity index is 1.64. The number of benzene rings is 2. The Morgan fingerprint density at radius 2 is 1.91 bits per heavy atom. The van der Waals surface area contributed by atoms with Crippen LogP contribution in [0.4, 0.5) is 29.7 Å². The molecular formula is C22H18F3N3O3S. The van der Waals surface area contributed by atoms with Gasteiger partial charge in [-0.25, -0.2) is 4.98 Å². The highest BCUT2D eigenvalue weighted by Crippen LogP contribution is 2.29. The van der Waals surface area contributed by atoms with E-state index in [0.717, 1.165) is 0 Å². The predicted molar refractivity (Wildman–Crippen MR) is 117 cm³/mol. The minimum absolute atomic E-state index is 0.0153. The zero-order valence-electron chi connectivity index (χ0n) is 16.8. The first kappa shape index (κ1) is 23.0. The lowest BCUT2D eigenvalue weighted by molar-refractivity contribution is -0.153. The van der Waals surface area contributed by atoms with E-state index in [1.165, 1.54) is 59.6 Å². The molecule has 2 aromatic carbocycles. The van der Waals surface area contributed by atoms with Gasteiger partial charge in [0, 0.05) is 30.1 Å². The molecule has 0 bridgehead atoms. The predicted octanol–water partition coefficient (Wildman–Crippen LogP) is 5.42. The second-order valence-electron chi connectivity index (χ2n) is 6.50. The van der Waals surface area contributed by atoms with Gasteiger partial charge in [0.2, 0.25) is 11.8 Å². The summed E-state index contributed by atoms with van der Waals surface area (Å²) in [5.74, 6) is -0.719. The number of carbonyl (C=O) groups excluding carboxylic acids is 2. The number of alkyl halides is 3. The summed E-state index contributed by atoms with van der Waals surface area (Å²) in [4.78, 5) is 30.1. The molecule has 1 heterocycles. The number of aromatic nitrogens is 1. The van der Waals surface area contributed by atoms with E-state index < -0.39 is 18.7 Å². The van der Waals surface area contributed by atoms with E-state index in [0.29, 0.717) is 16.5 Å². The first-order valence-corrected chi connectivity index (χ1v) is 10.2. The van der Waals surface area contributed by atoms with Crippen LogP contribution in [0, 0.1) is 0 Å². The van der Waals surface area contributed by atoms with Crippen LogP contribution in [0.25, 0.3) is 6.08 Å². The van der Waals surface area contributed by atoms with Crippen LogP contribution in [0.15, 0.2) is 66.1 Å². The van der Waals surface area contributed by atoms with Crippen molar-refractivity contribution in [2.75, 3.05) is 16.8 Å². The minimum Gasteiger partial charge on any atom is -0.484 e. The molecule has 0 spiro atoms. The van der Waals surface area contributed by atoms with E-state index in [1.807, 2.05) is 18.2 Å². The summed E-state index contributed by atoms with van der Waals surface area (Å²) in [6, 6.07) is 14.7. The molecule has 32 heavy (non-hydrogen) atoms.